The van der Waals surface area contributed by atoms with Gasteiger partial charge in [0.05, 0.1) is 0 Å². The van der Waals surface area contributed by atoms with Gasteiger partial charge in [-0.2, -0.15) is 0 Å². The maximum absolute atomic E-state index is 11.1. The standard InChI is InChI=1S/C15H14N2O4/c1-10(18)17-14-8-11(6-7-16-14)9-21-13-5-3-2-4-12(13)15(19)20/h2-8H,9H2,1H3,(H,19,20)(H,16,17,18). The molecule has 0 aliphatic rings. The number of hydrogen-bond donors (Lipinski definition) is 2. The molecular weight excluding hydrogens is 272 g/mol. The van der Waals surface area contributed by atoms with Crippen molar-refractivity contribution in [3.63, 3.8) is 0 Å². The van der Waals surface area contributed by atoms with Gasteiger partial charge in [-0.05, 0) is 29.8 Å². The van der Waals surface area contributed by atoms with Gasteiger partial charge in [0.2, 0.25) is 5.91 Å². The third-order valence-electron chi connectivity index (χ3n) is 2.64. The van der Waals surface area contributed by atoms with Gasteiger partial charge in [0.25, 0.3) is 0 Å². The van der Waals surface area contributed by atoms with E-state index in [1.54, 1.807) is 36.5 Å². The number of nitrogens with zero attached hydrogens (tertiary/aromatic N) is 1. The Morgan fingerprint density at radius 3 is 2.76 bits per heavy atom. The second-order valence-corrected chi connectivity index (χ2v) is 4.32. The lowest BCUT2D eigenvalue weighted by molar-refractivity contribution is -0.114. The summed E-state index contributed by atoms with van der Waals surface area (Å²) in [5, 5.41) is 11.6. The van der Waals surface area contributed by atoms with Crippen LogP contribution in [0.3, 0.4) is 0 Å². The van der Waals surface area contributed by atoms with Gasteiger partial charge < -0.3 is 15.2 Å². The van der Waals surface area contributed by atoms with Crippen LogP contribution in [-0.4, -0.2) is 22.0 Å². The van der Waals surface area contributed by atoms with Crippen LogP contribution in [0.4, 0.5) is 5.82 Å². The van der Waals surface area contributed by atoms with Crippen LogP contribution in [0.5, 0.6) is 5.75 Å². The van der Waals surface area contributed by atoms with Crippen LogP contribution in [-0.2, 0) is 11.4 Å². The van der Waals surface area contributed by atoms with Gasteiger partial charge in [-0.1, -0.05) is 12.1 Å². The van der Waals surface area contributed by atoms with Gasteiger partial charge in [-0.15, -0.1) is 0 Å². The van der Waals surface area contributed by atoms with E-state index in [0.717, 1.165) is 5.56 Å². The molecule has 1 amide bonds. The summed E-state index contributed by atoms with van der Waals surface area (Å²) in [5.41, 5.74) is 0.877. The summed E-state index contributed by atoms with van der Waals surface area (Å²) in [6, 6.07) is 9.82. The topological polar surface area (TPSA) is 88.5 Å². The first-order chi connectivity index (χ1) is 10.1. The van der Waals surface area contributed by atoms with Crippen LogP contribution < -0.4 is 10.1 Å². The Hall–Kier alpha value is -2.89. The molecule has 21 heavy (non-hydrogen) atoms. The first-order valence-corrected chi connectivity index (χ1v) is 6.24. The highest BCUT2D eigenvalue weighted by Crippen LogP contribution is 2.19. The van der Waals surface area contributed by atoms with Crippen LogP contribution in [0.25, 0.3) is 0 Å². The van der Waals surface area contributed by atoms with Crippen molar-refractivity contribution in [1.82, 2.24) is 4.98 Å². The normalized spacial score (nSPS) is 9.95. The largest absolute Gasteiger partial charge is 0.488 e. The molecule has 1 aromatic heterocycles. The van der Waals surface area contributed by atoms with E-state index >= 15 is 0 Å². The fourth-order valence-corrected chi connectivity index (χ4v) is 1.74. The minimum absolute atomic E-state index is 0.105. The molecule has 0 fully saturated rings. The molecule has 0 unspecified atom stereocenters. The number of nitrogens with one attached hydrogen (secondary N) is 1. The summed E-state index contributed by atoms with van der Waals surface area (Å²) < 4.78 is 5.52. The zero-order chi connectivity index (χ0) is 15.2. The Morgan fingerprint density at radius 1 is 1.29 bits per heavy atom. The van der Waals surface area contributed by atoms with Gasteiger partial charge in [0.1, 0.15) is 23.7 Å². The maximum atomic E-state index is 11.1. The van der Waals surface area contributed by atoms with Gasteiger partial charge in [-0.3, -0.25) is 4.79 Å². The molecule has 0 spiro atoms. The predicted octanol–water partition coefficient (Wildman–Crippen LogP) is 2.32. The summed E-state index contributed by atoms with van der Waals surface area (Å²) in [6.45, 7) is 1.58. The average Bonchev–Trinajstić information content (AvgIpc) is 2.45. The molecule has 2 N–H and O–H groups in total. The molecular formula is C15H14N2O4. The average molecular weight is 286 g/mol. The van der Waals surface area contributed by atoms with E-state index in [9.17, 15) is 9.59 Å². The molecule has 0 aliphatic carbocycles. The fourth-order valence-electron chi connectivity index (χ4n) is 1.74. The molecule has 0 atom stereocenters. The molecule has 1 heterocycles. The zero-order valence-corrected chi connectivity index (χ0v) is 11.4. The second kappa shape index (κ2) is 6.51. The molecule has 0 radical (unpaired) electrons. The van der Waals surface area contributed by atoms with E-state index < -0.39 is 5.97 Å². The minimum Gasteiger partial charge on any atom is -0.488 e. The molecule has 0 saturated heterocycles. The van der Waals surface area contributed by atoms with Crippen molar-refractivity contribution in [3.05, 3.63) is 53.7 Å². The number of carbonyl (C=O) groups is 2. The number of para-hydroxylation sites is 1. The third-order valence-corrected chi connectivity index (χ3v) is 2.64. The van der Waals surface area contributed by atoms with Crippen molar-refractivity contribution in [1.29, 1.82) is 0 Å². The Bertz CT molecular complexity index is 670. The second-order valence-electron chi connectivity index (χ2n) is 4.32. The number of carbonyl (C=O) groups excluding carboxylic acids is 1. The molecule has 0 bridgehead atoms. The highest BCUT2D eigenvalue weighted by molar-refractivity contribution is 5.90. The molecule has 108 valence electrons. The van der Waals surface area contributed by atoms with Crippen molar-refractivity contribution < 1.29 is 19.4 Å². The van der Waals surface area contributed by atoms with E-state index in [1.165, 1.54) is 13.0 Å². The number of hydrogen-bond acceptors (Lipinski definition) is 4. The summed E-state index contributed by atoms with van der Waals surface area (Å²) in [5.74, 6) is -0.533. The minimum atomic E-state index is -1.04. The van der Waals surface area contributed by atoms with E-state index in [4.69, 9.17) is 9.84 Å². The number of aromatic nitrogens is 1. The van der Waals surface area contributed by atoms with E-state index in [0.29, 0.717) is 11.6 Å². The Kier molecular flexibility index (Phi) is 4.50. The lowest BCUT2D eigenvalue weighted by Gasteiger charge is -2.09. The predicted molar refractivity (Wildman–Crippen MR) is 76.3 cm³/mol. The number of ether oxygens (including phenoxy) is 1. The lowest BCUT2D eigenvalue weighted by Crippen LogP contribution is -2.08. The Balaban J connectivity index is 2.10. The number of benzene rings is 1. The Morgan fingerprint density at radius 2 is 2.05 bits per heavy atom. The molecule has 2 aromatic rings. The first kappa shape index (κ1) is 14.5. The SMILES string of the molecule is CC(=O)Nc1cc(COc2ccccc2C(=O)O)ccn1. The summed E-state index contributed by atoms with van der Waals surface area (Å²) >= 11 is 0. The van der Waals surface area contributed by atoms with Crippen LogP contribution >= 0.6 is 0 Å². The van der Waals surface area contributed by atoms with Crippen LogP contribution in [0.15, 0.2) is 42.6 Å². The summed E-state index contributed by atoms with van der Waals surface area (Å²) in [7, 11) is 0. The van der Waals surface area contributed by atoms with Gasteiger partial charge >= 0.3 is 5.97 Å². The van der Waals surface area contributed by atoms with E-state index in [1.807, 2.05) is 0 Å². The van der Waals surface area contributed by atoms with Crippen molar-refractivity contribution in [2.45, 2.75) is 13.5 Å². The fraction of sp³-hybridized carbons (Fsp3) is 0.133. The van der Waals surface area contributed by atoms with Gasteiger partial charge in [-0.25, -0.2) is 9.78 Å². The van der Waals surface area contributed by atoms with Gasteiger partial charge in [0, 0.05) is 13.1 Å². The molecule has 6 nitrogen and oxygen atoms in total. The van der Waals surface area contributed by atoms with Crippen LogP contribution in [0.1, 0.15) is 22.8 Å². The number of rotatable bonds is 5. The van der Waals surface area contributed by atoms with Crippen LogP contribution in [0, 0.1) is 0 Å². The number of carboxylic acid groups (broad SMARTS) is 1. The number of carboxylic acids is 1. The lowest BCUT2D eigenvalue weighted by atomic mass is 10.2. The molecule has 2 rings (SSSR count). The molecule has 6 heteroatoms. The van der Waals surface area contributed by atoms with Crippen molar-refractivity contribution in [3.8, 4) is 5.75 Å². The first-order valence-electron chi connectivity index (χ1n) is 6.24. The highest BCUT2D eigenvalue weighted by Gasteiger charge is 2.10. The molecule has 1 aromatic carbocycles. The number of amides is 1. The van der Waals surface area contributed by atoms with Crippen LogP contribution in [0.2, 0.25) is 0 Å². The quantitative estimate of drug-likeness (QED) is 0.880. The summed E-state index contributed by atoms with van der Waals surface area (Å²) in [6.07, 6.45) is 1.55. The van der Waals surface area contributed by atoms with E-state index in [2.05, 4.69) is 10.3 Å². The Labute approximate surface area is 121 Å². The van der Waals surface area contributed by atoms with E-state index in [-0.39, 0.29) is 18.1 Å². The highest BCUT2D eigenvalue weighted by atomic mass is 16.5. The smallest absolute Gasteiger partial charge is 0.339 e. The molecule has 0 saturated carbocycles. The van der Waals surface area contributed by atoms with Crippen molar-refractivity contribution >= 4 is 17.7 Å². The number of aromatic carboxylic acids is 1. The molecule has 0 aliphatic heterocycles. The monoisotopic (exact) mass is 286 g/mol. The zero-order valence-electron chi connectivity index (χ0n) is 11.4. The summed E-state index contributed by atoms with van der Waals surface area (Å²) in [4.78, 5) is 26.0. The van der Waals surface area contributed by atoms with Crippen molar-refractivity contribution in [2.75, 3.05) is 5.32 Å². The van der Waals surface area contributed by atoms with Crippen molar-refractivity contribution in [2.24, 2.45) is 0 Å². The number of anilines is 1. The third kappa shape index (κ3) is 4.04. The maximum Gasteiger partial charge on any atom is 0.339 e. The number of pyridine rings is 1. The van der Waals surface area contributed by atoms with Gasteiger partial charge in [0.15, 0.2) is 0 Å².